The number of alkyl halides is 1. The Morgan fingerprint density at radius 2 is 1.85 bits per heavy atom. The molecule has 0 aromatic heterocycles. The number of rotatable bonds is 5. The number of benzene rings is 2. The second-order valence-electron chi connectivity index (χ2n) is 5.52. The highest BCUT2D eigenvalue weighted by Crippen LogP contribution is 2.18. The Balaban J connectivity index is 1.99. The number of amides is 1. The molecule has 2 aromatic carbocycles. The molecular weight excluding hydrogens is 361 g/mol. The van der Waals surface area contributed by atoms with Crippen LogP contribution in [0.15, 0.2) is 42.5 Å². The fraction of sp³-hybridized carbons (Fsp3) is 0.353. The predicted octanol–water partition coefficient (Wildman–Crippen LogP) is 4.31. The van der Waals surface area contributed by atoms with Crippen molar-refractivity contribution in [3.8, 4) is 0 Å². The van der Waals surface area contributed by atoms with Crippen LogP contribution >= 0.6 is 22.6 Å². The fourth-order valence-electron chi connectivity index (χ4n) is 2.23. The first kappa shape index (κ1) is 15.3. The lowest BCUT2D eigenvalue weighted by atomic mass is 10.1. The molecule has 2 aromatic rings. The summed E-state index contributed by atoms with van der Waals surface area (Å²) in [6.07, 6.45) is 1.45. The molecule has 0 unspecified atom stereocenters. The van der Waals surface area contributed by atoms with Gasteiger partial charge < -0.3 is 5.32 Å². The van der Waals surface area contributed by atoms with Crippen molar-refractivity contribution < 1.29 is 4.79 Å². The van der Waals surface area contributed by atoms with E-state index in [9.17, 15) is 4.79 Å². The molecule has 0 bridgehead atoms. The van der Waals surface area contributed by atoms with E-state index in [0.717, 1.165) is 6.42 Å². The molecule has 2 rings (SSSR count). The van der Waals surface area contributed by atoms with Crippen molar-refractivity contribution in [1.29, 1.82) is 0 Å². The topological polar surface area (TPSA) is 29.1 Å². The zero-order valence-electron chi connectivity index (χ0n) is 11.9. The summed E-state index contributed by atoms with van der Waals surface area (Å²) in [5, 5.41) is 5.56. The minimum atomic E-state index is 0.139. The minimum absolute atomic E-state index is 0.139. The van der Waals surface area contributed by atoms with Crippen molar-refractivity contribution in [2.45, 2.75) is 30.7 Å². The van der Waals surface area contributed by atoms with Gasteiger partial charge in [0.05, 0.1) is 4.05 Å². The lowest BCUT2D eigenvalue weighted by Crippen LogP contribution is -2.32. The normalized spacial score (nSPS) is 12.6. The third-order valence-electron chi connectivity index (χ3n) is 3.14. The molecular formula is C17H20INO. The molecule has 0 saturated heterocycles. The number of nitrogens with one attached hydrogen (secondary N) is 1. The first-order valence-electron chi connectivity index (χ1n) is 6.95. The average molecular weight is 381 g/mol. The zero-order valence-corrected chi connectivity index (χ0v) is 14.1. The lowest BCUT2D eigenvalue weighted by molar-refractivity contribution is -0.121. The highest BCUT2D eigenvalue weighted by molar-refractivity contribution is 14.1. The number of halogens is 1. The number of hydrogen-bond acceptors (Lipinski definition) is 1. The molecule has 0 fully saturated rings. The Kier molecular flexibility index (Phi) is 5.40. The summed E-state index contributed by atoms with van der Waals surface area (Å²) in [5.74, 6) is 0.541. The standard InChI is InChI=1S/C17H20INO/c1-12(2)9-17(20)19-16(18)11-13-7-8-14-5-3-4-6-15(14)10-13/h3-8,10,12,16H,9,11H2,1-2H3,(H,19,20)/t16-/m0/s1. The second kappa shape index (κ2) is 7.07. The average Bonchev–Trinajstić information content (AvgIpc) is 2.37. The van der Waals surface area contributed by atoms with E-state index in [-0.39, 0.29) is 9.96 Å². The van der Waals surface area contributed by atoms with E-state index in [1.807, 2.05) is 0 Å². The molecule has 0 aliphatic rings. The van der Waals surface area contributed by atoms with E-state index in [0.29, 0.717) is 12.3 Å². The van der Waals surface area contributed by atoms with Crippen molar-refractivity contribution in [3.05, 3.63) is 48.0 Å². The van der Waals surface area contributed by atoms with Crippen LogP contribution in [-0.4, -0.2) is 9.96 Å². The summed E-state index contributed by atoms with van der Waals surface area (Å²) in [5.41, 5.74) is 1.26. The molecule has 0 aliphatic carbocycles. The van der Waals surface area contributed by atoms with Crippen LogP contribution in [0.25, 0.3) is 10.8 Å². The monoisotopic (exact) mass is 381 g/mol. The summed E-state index contributed by atoms with van der Waals surface area (Å²) >= 11 is 2.30. The fourth-order valence-corrected chi connectivity index (χ4v) is 3.08. The largest absolute Gasteiger partial charge is 0.344 e. The van der Waals surface area contributed by atoms with Gasteiger partial charge in [0.2, 0.25) is 5.91 Å². The third-order valence-corrected chi connectivity index (χ3v) is 3.89. The van der Waals surface area contributed by atoms with Crippen molar-refractivity contribution in [1.82, 2.24) is 5.32 Å². The molecule has 0 heterocycles. The van der Waals surface area contributed by atoms with Gasteiger partial charge in [-0.25, -0.2) is 0 Å². The van der Waals surface area contributed by atoms with Crippen LogP contribution in [0.4, 0.5) is 0 Å². The summed E-state index contributed by atoms with van der Waals surface area (Å²) in [6.45, 7) is 4.12. The van der Waals surface area contributed by atoms with Crippen molar-refractivity contribution in [3.63, 3.8) is 0 Å². The Morgan fingerprint density at radius 3 is 2.55 bits per heavy atom. The number of carbonyl (C=O) groups excluding carboxylic acids is 1. The van der Waals surface area contributed by atoms with Crippen molar-refractivity contribution >= 4 is 39.3 Å². The van der Waals surface area contributed by atoms with Crippen LogP contribution < -0.4 is 5.32 Å². The van der Waals surface area contributed by atoms with E-state index in [1.54, 1.807) is 0 Å². The lowest BCUT2D eigenvalue weighted by Gasteiger charge is -2.14. The molecule has 1 atom stereocenters. The summed E-state index contributed by atoms with van der Waals surface area (Å²) in [4.78, 5) is 11.8. The van der Waals surface area contributed by atoms with E-state index < -0.39 is 0 Å². The Labute approximate surface area is 134 Å². The van der Waals surface area contributed by atoms with Gasteiger partial charge in [0.1, 0.15) is 0 Å². The highest BCUT2D eigenvalue weighted by atomic mass is 127. The summed E-state index contributed by atoms with van der Waals surface area (Å²) < 4.78 is 0.139. The van der Waals surface area contributed by atoms with Crippen LogP contribution in [0, 0.1) is 5.92 Å². The number of fused-ring (bicyclic) bond motifs is 1. The molecule has 2 nitrogen and oxygen atoms in total. The first-order chi connectivity index (χ1) is 9.54. The van der Waals surface area contributed by atoms with Crippen LogP contribution in [-0.2, 0) is 11.2 Å². The molecule has 1 amide bonds. The molecule has 0 saturated carbocycles. The Hall–Kier alpha value is -1.10. The second-order valence-corrected chi connectivity index (χ2v) is 7.02. The van der Waals surface area contributed by atoms with Gasteiger partial charge in [0.15, 0.2) is 0 Å². The molecule has 0 radical (unpaired) electrons. The Bertz CT molecular complexity index is 594. The van der Waals surface area contributed by atoms with Gasteiger partial charge in [-0.3, -0.25) is 4.79 Å². The molecule has 0 spiro atoms. The Morgan fingerprint density at radius 1 is 1.15 bits per heavy atom. The number of hydrogen-bond donors (Lipinski definition) is 1. The SMILES string of the molecule is CC(C)CC(=O)N[C@H](I)Cc1ccc2ccccc2c1. The third kappa shape index (κ3) is 4.47. The van der Waals surface area contributed by atoms with Gasteiger partial charge in [-0.15, -0.1) is 0 Å². The van der Waals surface area contributed by atoms with Crippen LogP contribution in [0.1, 0.15) is 25.8 Å². The van der Waals surface area contributed by atoms with Gasteiger partial charge in [0.25, 0.3) is 0 Å². The van der Waals surface area contributed by atoms with E-state index in [2.05, 4.69) is 84.2 Å². The maximum atomic E-state index is 11.8. The zero-order chi connectivity index (χ0) is 14.5. The molecule has 106 valence electrons. The molecule has 20 heavy (non-hydrogen) atoms. The highest BCUT2D eigenvalue weighted by Gasteiger charge is 2.11. The number of carbonyl (C=O) groups is 1. The quantitative estimate of drug-likeness (QED) is 0.467. The molecule has 1 N–H and O–H groups in total. The summed E-state index contributed by atoms with van der Waals surface area (Å²) in [7, 11) is 0. The first-order valence-corrected chi connectivity index (χ1v) is 8.20. The van der Waals surface area contributed by atoms with Gasteiger partial charge >= 0.3 is 0 Å². The van der Waals surface area contributed by atoms with Crippen LogP contribution in [0.2, 0.25) is 0 Å². The van der Waals surface area contributed by atoms with E-state index in [4.69, 9.17) is 0 Å². The molecule has 3 heteroatoms. The van der Waals surface area contributed by atoms with E-state index in [1.165, 1.54) is 16.3 Å². The molecule has 0 aliphatic heterocycles. The van der Waals surface area contributed by atoms with Crippen LogP contribution in [0.3, 0.4) is 0 Å². The van der Waals surface area contributed by atoms with Gasteiger partial charge in [-0.2, -0.15) is 0 Å². The maximum Gasteiger partial charge on any atom is 0.221 e. The van der Waals surface area contributed by atoms with Crippen LogP contribution in [0.5, 0.6) is 0 Å². The minimum Gasteiger partial charge on any atom is -0.344 e. The van der Waals surface area contributed by atoms with Gasteiger partial charge in [0, 0.05) is 12.8 Å². The van der Waals surface area contributed by atoms with Crippen molar-refractivity contribution in [2.24, 2.45) is 5.92 Å². The summed E-state index contributed by atoms with van der Waals surface area (Å²) in [6, 6.07) is 14.8. The van der Waals surface area contributed by atoms with Gasteiger partial charge in [-0.05, 0) is 22.3 Å². The van der Waals surface area contributed by atoms with Crippen molar-refractivity contribution in [2.75, 3.05) is 0 Å². The predicted molar refractivity (Wildman–Crippen MR) is 93.1 cm³/mol. The van der Waals surface area contributed by atoms with E-state index >= 15 is 0 Å². The maximum absolute atomic E-state index is 11.8. The smallest absolute Gasteiger partial charge is 0.221 e. The van der Waals surface area contributed by atoms with Gasteiger partial charge in [-0.1, -0.05) is 78.9 Å².